The van der Waals surface area contributed by atoms with Gasteiger partial charge in [0.15, 0.2) is 0 Å². The molecular weight excluding hydrogens is 236 g/mol. The summed E-state index contributed by atoms with van der Waals surface area (Å²) in [6.07, 6.45) is -0.115. The Balaban J connectivity index is 2.63. The summed E-state index contributed by atoms with van der Waals surface area (Å²) >= 11 is 0. The predicted molar refractivity (Wildman–Crippen MR) is 78.2 cm³/mol. The van der Waals surface area contributed by atoms with Crippen LogP contribution < -0.4 is 0 Å². The van der Waals surface area contributed by atoms with E-state index in [0.717, 1.165) is 0 Å². The Morgan fingerprint density at radius 3 is 2.00 bits per heavy atom. The van der Waals surface area contributed by atoms with Crippen molar-refractivity contribution in [3.05, 3.63) is 34.9 Å². The topological polar surface area (TPSA) is 25.1 Å². The van der Waals surface area contributed by atoms with Crippen molar-refractivity contribution in [2.24, 2.45) is 0 Å². The van der Waals surface area contributed by atoms with Gasteiger partial charge in [0.1, 0.15) is 0 Å². The lowest BCUT2D eigenvalue weighted by molar-refractivity contribution is 0.0850. The Morgan fingerprint density at radius 1 is 1.00 bits per heavy atom. The maximum absolute atomic E-state index is 5.10. The van der Waals surface area contributed by atoms with Crippen LogP contribution >= 0.6 is 0 Å². The molecule has 1 heterocycles. The van der Waals surface area contributed by atoms with Gasteiger partial charge in [-0.1, -0.05) is 66.7 Å². The van der Waals surface area contributed by atoms with E-state index in [1.54, 1.807) is 0 Å². The molecule has 2 heteroatoms. The van der Waals surface area contributed by atoms with Crippen molar-refractivity contribution in [1.82, 2.24) is 0 Å². The van der Waals surface area contributed by atoms with Gasteiger partial charge in [0.05, 0.1) is 0 Å². The summed E-state index contributed by atoms with van der Waals surface area (Å²) in [6.45, 7) is 15.7. The standard InChI is InChI=1S/C17H26O2/c1-11(2)12-9-8-10-13(14(12)16(3,4)5)17(6,7)15-18-19-15/h8-11,15H,1-7H3. The highest BCUT2D eigenvalue weighted by Crippen LogP contribution is 2.44. The molecule has 1 saturated heterocycles. The fourth-order valence-electron chi connectivity index (χ4n) is 2.82. The maximum Gasteiger partial charge on any atom is 0.233 e. The lowest BCUT2D eigenvalue weighted by atomic mass is 9.71. The van der Waals surface area contributed by atoms with Crippen molar-refractivity contribution in [1.29, 1.82) is 0 Å². The van der Waals surface area contributed by atoms with Gasteiger partial charge in [0.25, 0.3) is 0 Å². The first-order chi connectivity index (χ1) is 8.65. The van der Waals surface area contributed by atoms with Crippen LogP contribution in [0.15, 0.2) is 18.2 Å². The number of rotatable bonds is 3. The molecule has 0 aromatic heterocycles. The fraction of sp³-hybridized carbons (Fsp3) is 0.647. The van der Waals surface area contributed by atoms with Gasteiger partial charge in [0.2, 0.25) is 6.29 Å². The SMILES string of the molecule is CC(C)c1cccc(C(C)(C)C2OO2)c1C(C)(C)C. The minimum atomic E-state index is -0.118. The van der Waals surface area contributed by atoms with Gasteiger partial charge in [-0.25, -0.2) is 0 Å². The zero-order chi connectivity index (χ0) is 14.4. The van der Waals surface area contributed by atoms with Crippen molar-refractivity contribution in [3.8, 4) is 0 Å². The smallest absolute Gasteiger partial charge is 0.198 e. The lowest BCUT2D eigenvalue weighted by Gasteiger charge is -2.33. The molecule has 106 valence electrons. The molecule has 1 aliphatic heterocycles. The molecule has 0 unspecified atom stereocenters. The normalized spacial score (nSPS) is 17.1. The van der Waals surface area contributed by atoms with Gasteiger partial charge in [-0.15, -0.1) is 0 Å². The van der Waals surface area contributed by atoms with Crippen LogP contribution in [0.4, 0.5) is 0 Å². The third-order valence-corrected chi connectivity index (χ3v) is 3.94. The summed E-state index contributed by atoms with van der Waals surface area (Å²) in [5.74, 6) is 0.519. The molecule has 1 fully saturated rings. The largest absolute Gasteiger partial charge is 0.233 e. The first kappa shape index (κ1) is 14.5. The molecule has 0 radical (unpaired) electrons. The van der Waals surface area contributed by atoms with Gasteiger partial charge in [-0.3, -0.25) is 0 Å². The zero-order valence-electron chi connectivity index (χ0n) is 13.2. The van der Waals surface area contributed by atoms with E-state index in [4.69, 9.17) is 9.78 Å². The number of hydrogen-bond donors (Lipinski definition) is 0. The molecule has 0 atom stereocenters. The molecule has 1 aromatic rings. The van der Waals surface area contributed by atoms with Gasteiger partial charge in [-0.05, 0) is 28.0 Å². The summed E-state index contributed by atoms with van der Waals surface area (Å²) in [5, 5.41) is 0. The zero-order valence-corrected chi connectivity index (χ0v) is 13.2. The summed E-state index contributed by atoms with van der Waals surface area (Å²) in [5.41, 5.74) is 4.21. The van der Waals surface area contributed by atoms with Gasteiger partial charge in [0, 0.05) is 5.41 Å². The Labute approximate surface area is 117 Å². The van der Waals surface area contributed by atoms with Crippen molar-refractivity contribution in [2.45, 2.75) is 71.5 Å². The van der Waals surface area contributed by atoms with Gasteiger partial charge >= 0.3 is 0 Å². The Hall–Kier alpha value is -0.860. The molecule has 0 spiro atoms. The van der Waals surface area contributed by atoms with Crippen molar-refractivity contribution in [2.75, 3.05) is 0 Å². The third-order valence-electron chi connectivity index (χ3n) is 3.94. The summed E-state index contributed by atoms with van der Waals surface area (Å²) in [6, 6.07) is 6.63. The molecule has 0 bridgehead atoms. The van der Waals surface area contributed by atoms with E-state index in [2.05, 4.69) is 66.7 Å². The van der Waals surface area contributed by atoms with E-state index in [1.807, 2.05) is 0 Å². The minimum Gasteiger partial charge on any atom is -0.198 e. The second-order valence-corrected chi connectivity index (χ2v) is 7.42. The first-order valence-electron chi connectivity index (χ1n) is 7.11. The highest BCUT2D eigenvalue weighted by atomic mass is 17.4. The van der Waals surface area contributed by atoms with Crippen molar-refractivity contribution < 1.29 is 9.78 Å². The van der Waals surface area contributed by atoms with E-state index >= 15 is 0 Å². The summed E-state index contributed by atoms with van der Waals surface area (Å²) in [4.78, 5) is 10.2. The van der Waals surface area contributed by atoms with Crippen molar-refractivity contribution in [3.63, 3.8) is 0 Å². The van der Waals surface area contributed by atoms with E-state index in [9.17, 15) is 0 Å². The highest BCUT2D eigenvalue weighted by Gasteiger charge is 2.46. The molecule has 2 nitrogen and oxygen atoms in total. The number of hydrogen-bond acceptors (Lipinski definition) is 2. The first-order valence-corrected chi connectivity index (χ1v) is 7.11. The van der Waals surface area contributed by atoms with Gasteiger partial charge < -0.3 is 0 Å². The van der Waals surface area contributed by atoms with Crippen molar-refractivity contribution >= 4 is 0 Å². The van der Waals surface area contributed by atoms with Crippen LogP contribution in [0, 0.1) is 0 Å². The molecule has 0 N–H and O–H groups in total. The highest BCUT2D eigenvalue weighted by molar-refractivity contribution is 5.45. The number of benzene rings is 1. The predicted octanol–water partition coefficient (Wildman–Crippen LogP) is 4.67. The van der Waals surface area contributed by atoms with Gasteiger partial charge in [-0.2, -0.15) is 9.78 Å². The van der Waals surface area contributed by atoms with Crippen LogP contribution in [0.25, 0.3) is 0 Å². The second kappa shape index (κ2) is 4.60. The average Bonchev–Trinajstić information content (AvgIpc) is 3.10. The quantitative estimate of drug-likeness (QED) is 0.584. The van der Waals surface area contributed by atoms with Crippen LogP contribution in [0.3, 0.4) is 0 Å². The molecular formula is C17H26O2. The molecule has 1 aromatic carbocycles. The van der Waals surface area contributed by atoms with Crippen LogP contribution in [-0.2, 0) is 20.6 Å². The minimum absolute atomic E-state index is 0.113. The third kappa shape index (κ3) is 2.70. The molecule has 19 heavy (non-hydrogen) atoms. The van der Waals surface area contributed by atoms with E-state index in [1.165, 1.54) is 16.7 Å². The summed E-state index contributed by atoms with van der Waals surface area (Å²) in [7, 11) is 0. The molecule has 1 aliphatic rings. The average molecular weight is 262 g/mol. The Bertz CT molecular complexity index is 463. The van der Waals surface area contributed by atoms with Crippen LogP contribution in [-0.4, -0.2) is 6.29 Å². The molecule has 0 amide bonds. The summed E-state index contributed by atoms with van der Waals surface area (Å²) < 4.78 is 0. The Morgan fingerprint density at radius 2 is 1.58 bits per heavy atom. The fourth-order valence-corrected chi connectivity index (χ4v) is 2.82. The molecule has 0 saturated carbocycles. The second-order valence-electron chi connectivity index (χ2n) is 7.42. The molecule has 2 rings (SSSR count). The molecule has 0 aliphatic carbocycles. The monoisotopic (exact) mass is 262 g/mol. The maximum atomic E-state index is 5.10. The van der Waals surface area contributed by atoms with E-state index < -0.39 is 0 Å². The van der Waals surface area contributed by atoms with Crippen LogP contribution in [0.1, 0.15) is 71.1 Å². The van der Waals surface area contributed by atoms with E-state index in [-0.39, 0.29) is 17.1 Å². The Kier molecular flexibility index (Phi) is 3.53. The lowest BCUT2D eigenvalue weighted by Crippen LogP contribution is -2.30. The van der Waals surface area contributed by atoms with E-state index in [0.29, 0.717) is 5.92 Å². The van der Waals surface area contributed by atoms with Crippen LogP contribution in [0.2, 0.25) is 0 Å². The van der Waals surface area contributed by atoms with Crippen LogP contribution in [0.5, 0.6) is 0 Å².